The van der Waals surface area contributed by atoms with Gasteiger partial charge in [0.2, 0.25) is 0 Å². The molecule has 0 bridgehead atoms. The molecule has 1 fully saturated rings. The molecule has 112 valence electrons. The zero-order chi connectivity index (χ0) is 14.4. The van der Waals surface area contributed by atoms with E-state index in [1.165, 1.54) is 31.2 Å². The van der Waals surface area contributed by atoms with Gasteiger partial charge in [0, 0.05) is 22.9 Å². The van der Waals surface area contributed by atoms with Crippen LogP contribution < -0.4 is 10.1 Å². The lowest BCUT2D eigenvalue weighted by molar-refractivity contribution is 0.321. The number of ether oxygens (including phenoxy) is 1. The smallest absolute Gasteiger partial charge is 0.124 e. The van der Waals surface area contributed by atoms with Gasteiger partial charge in [-0.15, -0.1) is 0 Å². The van der Waals surface area contributed by atoms with Crippen LogP contribution in [-0.4, -0.2) is 24.2 Å². The van der Waals surface area contributed by atoms with Crippen LogP contribution in [0.3, 0.4) is 0 Å². The van der Waals surface area contributed by atoms with Crippen molar-refractivity contribution in [3.63, 3.8) is 0 Å². The van der Waals surface area contributed by atoms with Crippen molar-refractivity contribution in [1.82, 2.24) is 5.32 Å². The SMILES string of the molecule is CCOc1ccccc1C(C)NC1CCCCC1SC. The van der Waals surface area contributed by atoms with Crippen molar-refractivity contribution in [2.75, 3.05) is 12.9 Å². The van der Waals surface area contributed by atoms with E-state index >= 15 is 0 Å². The van der Waals surface area contributed by atoms with Crippen molar-refractivity contribution >= 4 is 11.8 Å². The third kappa shape index (κ3) is 3.92. The van der Waals surface area contributed by atoms with E-state index in [0.29, 0.717) is 12.1 Å². The van der Waals surface area contributed by atoms with Gasteiger partial charge in [-0.3, -0.25) is 0 Å². The van der Waals surface area contributed by atoms with Gasteiger partial charge in [0.1, 0.15) is 5.75 Å². The molecule has 2 nitrogen and oxygen atoms in total. The van der Waals surface area contributed by atoms with E-state index in [4.69, 9.17) is 4.74 Å². The summed E-state index contributed by atoms with van der Waals surface area (Å²) < 4.78 is 5.76. The zero-order valence-electron chi connectivity index (χ0n) is 12.9. The monoisotopic (exact) mass is 293 g/mol. The second-order valence-corrected chi connectivity index (χ2v) is 6.60. The number of thioether (sulfide) groups is 1. The molecule has 0 aliphatic heterocycles. The van der Waals surface area contributed by atoms with Gasteiger partial charge >= 0.3 is 0 Å². The number of hydrogen-bond acceptors (Lipinski definition) is 3. The molecule has 1 N–H and O–H groups in total. The van der Waals surface area contributed by atoms with E-state index in [2.05, 4.69) is 36.7 Å². The number of para-hydroxylation sites is 1. The average molecular weight is 293 g/mol. The fourth-order valence-corrected chi connectivity index (χ4v) is 4.05. The lowest BCUT2D eigenvalue weighted by Gasteiger charge is -2.33. The average Bonchev–Trinajstić information content (AvgIpc) is 2.48. The maximum atomic E-state index is 5.76. The molecule has 0 saturated heterocycles. The number of rotatable bonds is 6. The fourth-order valence-electron chi connectivity index (χ4n) is 3.11. The number of hydrogen-bond donors (Lipinski definition) is 1. The highest BCUT2D eigenvalue weighted by Crippen LogP contribution is 2.31. The minimum Gasteiger partial charge on any atom is -0.494 e. The Morgan fingerprint density at radius 2 is 2.05 bits per heavy atom. The van der Waals surface area contributed by atoms with Crippen molar-refractivity contribution in [1.29, 1.82) is 0 Å². The second-order valence-electron chi connectivity index (χ2n) is 5.52. The predicted octanol–water partition coefficient (Wildman–Crippen LogP) is 4.41. The van der Waals surface area contributed by atoms with Gasteiger partial charge in [0.25, 0.3) is 0 Å². The Hall–Kier alpha value is -0.670. The quantitative estimate of drug-likeness (QED) is 0.839. The van der Waals surface area contributed by atoms with Crippen LogP contribution in [0.1, 0.15) is 51.1 Å². The van der Waals surface area contributed by atoms with Gasteiger partial charge in [-0.25, -0.2) is 0 Å². The van der Waals surface area contributed by atoms with Crippen molar-refractivity contribution in [2.45, 2.75) is 56.9 Å². The van der Waals surface area contributed by atoms with Crippen molar-refractivity contribution in [3.05, 3.63) is 29.8 Å². The highest BCUT2D eigenvalue weighted by molar-refractivity contribution is 7.99. The Bertz CT molecular complexity index is 410. The predicted molar refractivity (Wildman–Crippen MR) is 88.7 cm³/mol. The summed E-state index contributed by atoms with van der Waals surface area (Å²) in [5, 5.41) is 4.59. The molecular weight excluding hydrogens is 266 g/mol. The summed E-state index contributed by atoms with van der Waals surface area (Å²) >= 11 is 2.01. The van der Waals surface area contributed by atoms with Crippen LogP contribution in [0.25, 0.3) is 0 Å². The second kappa shape index (κ2) is 7.94. The van der Waals surface area contributed by atoms with Crippen LogP contribution in [0.15, 0.2) is 24.3 Å². The molecule has 0 spiro atoms. The maximum Gasteiger partial charge on any atom is 0.124 e. The molecule has 0 heterocycles. The lowest BCUT2D eigenvalue weighted by atomic mass is 9.93. The summed E-state index contributed by atoms with van der Waals surface area (Å²) in [7, 11) is 0. The molecule has 0 radical (unpaired) electrons. The molecule has 3 unspecified atom stereocenters. The van der Waals surface area contributed by atoms with Crippen LogP contribution in [0.5, 0.6) is 5.75 Å². The summed E-state index contributed by atoms with van der Waals surface area (Å²) in [5.74, 6) is 1.02. The van der Waals surface area contributed by atoms with Gasteiger partial charge < -0.3 is 10.1 Å². The summed E-state index contributed by atoms with van der Waals surface area (Å²) in [5.41, 5.74) is 1.28. The largest absolute Gasteiger partial charge is 0.494 e. The van der Waals surface area contributed by atoms with E-state index in [9.17, 15) is 0 Å². The first-order valence-electron chi connectivity index (χ1n) is 7.76. The highest BCUT2D eigenvalue weighted by Gasteiger charge is 2.26. The van der Waals surface area contributed by atoms with Gasteiger partial charge in [-0.2, -0.15) is 11.8 Å². The molecule has 20 heavy (non-hydrogen) atoms. The van der Waals surface area contributed by atoms with Gasteiger partial charge in [0.05, 0.1) is 6.61 Å². The molecule has 1 aliphatic carbocycles. The van der Waals surface area contributed by atoms with Gasteiger partial charge in [0.15, 0.2) is 0 Å². The Morgan fingerprint density at radius 1 is 1.30 bits per heavy atom. The summed E-state index contributed by atoms with van der Waals surface area (Å²) in [4.78, 5) is 0. The first kappa shape index (κ1) is 15.7. The first-order chi connectivity index (χ1) is 9.76. The molecule has 1 saturated carbocycles. The minimum absolute atomic E-state index is 0.343. The van der Waals surface area contributed by atoms with E-state index in [0.717, 1.165) is 17.6 Å². The van der Waals surface area contributed by atoms with E-state index in [1.807, 2.05) is 24.8 Å². The maximum absolute atomic E-state index is 5.76. The molecular formula is C17H27NOS. The fraction of sp³-hybridized carbons (Fsp3) is 0.647. The van der Waals surface area contributed by atoms with Crippen LogP contribution >= 0.6 is 11.8 Å². The van der Waals surface area contributed by atoms with Crippen molar-refractivity contribution in [2.24, 2.45) is 0 Å². The molecule has 2 rings (SSSR count). The lowest BCUT2D eigenvalue weighted by Crippen LogP contribution is -2.41. The molecule has 1 aliphatic rings. The van der Waals surface area contributed by atoms with Gasteiger partial charge in [-0.05, 0) is 39.0 Å². The first-order valence-corrected chi connectivity index (χ1v) is 9.05. The van der Waals surface area contributed by atoms with E-state index in [1.54, 1.807) is 0 Å². The van der Waals surface area contributed by atoms with E-state index < -0.39 is 0 Å². The highest BCUT2D eigenvalue weighted by atomic mass is 32.2. The van der Waals surface area contributed by atoms with Crippen LogP contribution in [-0.2, 0) is 0 Å². The molecule has 3 heteroatoms. The van der Waals surface area contributed by atoms with Crippen LogP contribution in [0.2, 0.25) is 0 Å². The summed E-state index contributed by atoms with van der Waals surface area (Å²) in [6.07, 6.45) is 7.62. The number of nitrogens with one attached hydrogen (secondary N) is 1. The molecule has 0 aromatic heterocycles. The number of benzene rings is 1. The molecule has 0 amide bonds. The summed E-state index contributed by atoms with van der Waals surface area (Å²) in [6.45, 7) is 5.02. The standard InChI is InChI=1S/C17H27NOS/c1-4-19-16-11-7-5-9-14(16)13(2)18-15-10-6-8-12-17(15)20-3/h5,7,9,11,13,15,17-18H,4,6,8,10,12H2,1-3H3. The van der Waals surface area contributed by atoms with Crippen molar-refractivity contribution in [3.8, 4) is 5.75 Å². The van der Waals surface area contributed by atoms with Gasteiger partial charge in [-0.1, -0.05) is 31.0 Å². The topological polar surface area (TPSA) is 21.3 Å². The molecule has 1 aromatic rings. The third-order valence-electron chi connectivity index (χ3n) is 4.15. The zero-order valence-corrected chi connectivity index (χ0v) is 13.7. The van der Waals surface area contributed by atoms with Crippen LogP contribution in [0, 0.1) is 0 Å². The molecule has 1 aromatic carbocycles. The Kier molecular flexibility index (Phi) is 6.24. The normalized spacial score (nSPS) is 24.4. The Balaban J connectivity index is 2.05. The Morgan fingerprint density at radius 3 is 2.80 bits per heavy atom. The summed E-state index contributed by atoms with van der Waals surface area (Å²) in [6, 6.07) is 9.37. The third-order valence-corrected chi connectivity index (χ3v) is 5.32. The minimum atomic E-state index is 0.343. The van der Waals surface area contributed by atoms with Crippen molar-refractivity contribution < 1.29 is 4.74 Å². The molecule has 3 atom stereocenters. The Labute approximate surface area is 127 Å². The van der Waals surface area contributed by atoms with E-state index in [-0.39, 0.29) is 0 Å². The van der Waals surface area contributed by atoms with Crippen LogP contribution in [0.4, 0.5) is 0 Å².